The van der Waals surface area contributed by atoms with E-state index in [0.29, 0.717) is 12.6 Å². The molecule has 1 rings (SSSR count). The van der Waals surface area contributed by atoms with Crippen molar-refractivity contribution in [2.24, 2.45) is 0 Å². The van der Waals surface area contributed by atoms with Crippen molar-refractivity contribution >= 4 is 29.4 Å². The summed E-state index contributed by atoms with van der Waals surface area (Å²) in [7, 11) is 4.05. The Morgan fingerprint density at radius 3 is 2.50 bits per heavy atom. The van der Waals surface area contributed by atoms with Crippen LogP contribution in [-0.2, 0) is 4.79 Å². The van der Waals surface area contributed by atoms with Gasteiger partial charge in [0.15, 0.2) is 0 Å². The second-order valence-electron chi connectivity index (χ2n) is 3.83. The number of carbonyl (C=O) groups excluding carboxylic acids is 1. The summed E-state index contributed by atoms with van der Waals surface area (Å²) in [5, 5.41) is 11.9. The van der Waals surface area contributed by atoms with Crippen LogP contribution in [0.25, 0.3) is 0 Å². The Balaban J connectivity index is 2.66. The normalized spacial score (nSPS) is 29.8. The van der Waals surface area contributed by atoms with Crippen LogP contribution >= 0.6 is 23.5 Å². The van der Waals surface area contributed by atoms with E-state index in [1.54, 1.807) is 0 Å². The van der Waals surface area contributed by atoms with Crippen LogP contribution in [0.15, 0.2) is 0 Å². The van der Waals surface area contributed by atoms with Gasteiger partial charge in [0, 0.05) is 24.1 Å². The monoisotopic (exact) mass is 259 g/mol. The maximum absolute atomic E-state index is 11.8. The van der Waals surface area contributed by atoms with Crippen molar-refractivity contribution in [2.45, 2.75) is 17.0 Å². The highest BCUT2D eigenvalue weighted by Gasteiger charge is 2.44. The van der Waals surface area contributed by atoms with E-state index < -0.39 is 4.08 Å². The second kappa shape index (κ2) is 5.80. The summed E-state index contributed by atoms with van der Waals surface area (Å²) < 4.78 is -0.942. The maximum Gasteiger partial charge on any atom is 0.261 e. The van der Waals surface area contributed by atoms with E-state index >= 15 is 0 Å². The molecule has 0 bridgehead atoms. The third-order valence-electron chi connectivity index (χ3n) is 2.47. The molecule has 6 heteroatoms. The number of nitrogens with zero attached hydrogens (tertiary/aromatic N) is 2. The molecular weight excluding hydrogens is 242 g/mol. The van der Waals surface area contributed by atoms with Gasteiger partial charge in [-0.15, -0.1) is 23.5 Å². The zero-order valence-corrected chi connectivity index (χ0v) is 11.5. The van der Waals surface area contributed by atoms with Gasteiger partial charge in [-0.25, -0.2) is 0 Å². The molecule has 1 aliphatic heterocycles. The van der Waals surface area contributed by atoms with Crippen molar-refractivity contribution < 1.29 is 4.79 Å². The van der Waals surface area contributed by atoms with Crippen molar-refractivity contribution in [3.8, 4) is 6.07 Å². The summed E-state index contributed by atoms with van der Waals surface area (Å²) in [6, 6.07) is 2.59. The van der Waals surface area contributed by atoms with Crippen LogP contribution in [0.4, 0.5) is 0 Å². The highest BCUT2D eigenvalue weighted by Crippen LogP contribution is 2.42. The lowest BCUT2D eigenvalue weighted by Gasteiger charge is -2.35. The number of nitrogens with one attached hydrogen (secondary N) is 1. The first kappa shape index (κ1) is 13.7. The molecule has 0 aromatic carbocycles. The molecule has 16 heavy (non-hydrogen) atoms. The highest BCUT2D eigenvalue weighted by molar-refractivity contribution is 8.20. The Kier molecular flexibility index (Phi) is 4.96. The van der Waals surface area contributed by atoms with Gasteiger partial charge in [0.1, 0.15) is 6.07 Å². The zero-order valence-electron chi connectivity index (χ0n) is 9.82. The van der Waals surface area contributed by atoms with Gasteiger partial charge in [0.2, 0.25) is 4.08 Å². The number of hydrogen-bond acceptors (Lipinski definition) is 5. The lowest BCUT2D eigenvalue weighted by atomic mass is 10.3. The molecule has 0 aromatic rings. The predicted molar refractivity (Wildman–Crippen MR) is 69.4 cm³/mol. The minimum absolute atomic E-state index is 0.162. The highest BCUT2D eigenvalue weighted by atomic mass is 32.2. The summed E-state index contributed by atoms with van der Waals surface area (Å²) >= 11 is 2.89. The van der Waals surface area contributed by atoms with Crippen molar-refractivity contribution in [3.05, 3.63) is 0 Å². The smallest absolute Gasteiger partial charge is 0.261 e. The minimum Gasteiger partial charge on any atom is -0.353 e. The first-order chi connectivity index (χ1) is 7.55. The molecule has 0 aliphatic carbocycles. The number of thioether (sulfide) groups is 2. The molecular formula is C10H17N3OS2. The molecule has 0 radical (unpaired) electrons. The van der Waals surface area contributed by atoms with Gasteiger partial charge in [-0.05, 0) is 21.0 Å². The van der Waals surface area contributed by atoms with Gasteiger partial charge in [-0.2, -0.15) is 5.26 Å². The predicted octanol–water partition coefficient (Wildman–Crippen LogP) is 0.753. The van der Waals surface area contributed by atoms with Gasteiger partial charge in [0.05, 0.1) is 0 Å². The van der Waals surface area contributed by atoms with Gasteiger partial charge in [0.25, 0.3) is 5.91 Å². The lowest BCUT2D eigenvalue weighted by Crippen LogP contribution is -2.47. The Morgan fingerprint density at radius 2 is 2.12 bits per heavy atom. The van der Waals surface area contributed by atoms with Crippen LogP contribution in [-0.4, -0.2) is 53.1 Å². The van der Waals surface area contributed by atoms with Gasteiger partial charge < -0.3 is 10.2 Å². The van der Waals surface area contributed by atoms with E-state index in [1.807, 2.05) is 21.0 Å². The van der Waals surface area contributed by atoms with E-state index in [-0.39, 0.29) is 5.91 Å². The number of nitriles is 1. The van der Waals surface area contributed by atoms with Gasteiger partial charge in [-0.3, -0.25) is 4.79 Å². The molecule has 1 amide bonds. The Labute approximate surface area is 105 Å². The molecule has 1 N–H and O–H groups in total. The standard InChI is InChI=1S/C10H17N3OS2/c1-4-12-9(14)10(7-11)15-5-8(6-16-10)13(2)3/h8H,4-6H2,1-3H3,(H,12,14). The maximum atomic E-state index is 11.8. The van der Waals surface area contributed by atoms with Crippen molar-refractivity contribution in [1.82, 2.24) is 10.2 Å². The van der Waals surface area contributed by atoms with Crippen LogP contribution in [0.5, 0.6) is 0 Å². The fourth-order valence-electron chi connectivity index (χ4n) is 1.34. The summed E-state index contributed by atoms with van der Waals surface area (Å²) in [4.78, 5) is 14.0. The average Bonchev–Trinajstić information content (AvgIpc) is 2.29. The topological polar surface area (TPSA) is 56.1 Å². The summed E-state index contributed by atoms with van der Waals surface area (Å²) in [6.07, 6.45) is 0. The third-order valence-corrected chi connectivity index (χ3v) is 5.65. The summed E-state index contributed by atoms with van der Waals surface area (Å²) in [6.45, 7) is 2.43. The Morgan fingerprint density at radius 1 is 1.56 bits per heavy atom. The molecule has 0 atom stereocenters. The number of amides is 1. The van der Waals surface area contributed by atoms with E-state index in [4.69, 9.17) is 0 Å². The van der Waals surface area contributed by atoms with Crippen LogP contribution in [0.2, 0.25) is 0 Å². The van der Waals surface area contributed by atoms with Crippen molar-refractivity contribution in [1.29, 1.82) is 5.26 Å². The molecule has 1 heterocycles. The number of hydrogen-bond donors (Lipinski definition) is 1. The van der Waals surface area contributed by atoms with E-state index in [9.17, 15) is 10.1 Å². The van der Waals surface area contributed by atoms with Crippen LogP contribution in [0.3, 0.4) is 0 Å². The molecule has 0 spiro atoms. The molecule has 1 fully saturated rings. The number of rotatable bonds is 3. The fourth-order valence-corrected chi connectivity index (χ4v) is 4.45. The molecule has 0 saturated carbocycles. The molecule has 0 aromatic heterocycles. The minimum atomic E-state index is -0.942. The third kappa shape index (κ3) is 2.84. The lowest BCUT2D eigenvalue weighted by molar-refractivity contribution is -0.120. The molecule has 90 valence electrons. The van der Waals surface area contributed by atoms with Crippen LogP contribution in [0, 0.1) is 11.3 Å². The van der Waals surface area contributed by atoms with Crippen molar-refractivity contribution in [2.75, 3.05) is 32.1 Å². The van der Waals surface area contributed by atoms with E-state index in [1.165, 1.54) is 23.5 Å². The summed E-state index contributed by atoms with van der Waals surface area (Å²) in [5.41, 5.74) is 0. The SMILES string of the molecule is CCNC(=O)C1(C#N)SCC(N(C)C)CS1. The quantitative estimate of drug-likeness (QED) is 0.810. The van der Waals surface area contributed by atoms with Crippen LogP contribution < -0.4 is 5.32 Å². The first-order valence-corrected chi connectivity index (χ1v) is 7.16. The molecule has 4 nitrogen and oxygen atoms in total. The Bertz CT molecular complexity index is 293. The van der Waals surface area contributed by atoms with Crippen molar-refractivity contribution in [3.63, 3.8) is 0 Å². The molecule has 0 unspecified atom stereocenters. The van der Waals surface area contributed by atoms with Crippen LogP contribution in [0.1, 0.15) is 6.92 Å². The van der Waals surface area contributed by atoms with E-state index in [2.05, 4.69) is 16.3 Å². The van der Waals surface area contributed by atoms with Gasteiger partial charge >= 0.3 is 0 Å². The molecule has 1 aliphatic rings. The number of carbonyl (C=O) groups is 1. The zero-order chi connectivity index (χ0) is 12.2. The average molecular weight is 259 g/mol. The summed E-state index contributed by atoms with van der Waals surface area (Å²) in [5.74, 6) is 1.49. The Hall–Kier alpha value is -0.380. The molecule has 1 saturated heterocycles. The first-order valence-electron chi connectivity index (χ1n) is 5.19. The largest absolute Gasteiger partial charge is 0.353 e. The van der Waals surface area contributed by atoms with E-state index in [0.717, 1.165) is 11.5 Å². The second-order valence-corrected chi connectivity index (χ2v) is 6.55. The van der Waals surface area contributed by atoms with Gasteiger partial charge in [-0.1, -0.05) is 0 Å². The fraction of sp³-hybridized carbons (Fsp3) is 0.800.